The second-order valence-corrected chi connectivity index (χ2v) is 10.2. The number of carboxylic acid groups (broad SMARTS) is 1. The first kappa shape index (κ1) is 25.1. The second kappa shape index (κ2) is 10.2. The molecule has 1 aromatic heterocycles. The molecule has 1 heterocycles. The second-order valence-electron chi connectivity index (χ2n) is 7.53. The Morgan fingerprint density at radius 3 is 2.70 bits per heavy atom. The summed E-state index contributed by atoms with van der Waals surface area (Å²) in [5, 5.41) is 11.7. The molecule has 2 N–H and O–H groups in total. The highest BCUT2D eigenvalue weighted by molar-refractivity contribution is 7.89. The Kier molecular flexibility index (Phi) is 7.76. The first-order valence-electron chi connectivity index (χ1n) is 10.3. The standard InChI is InChI=1S/C22H23F3N2O4S2/c1-2-14-7-10-18(12-19(14)21(28)29)33(30,31)26-11-3-4-17-13-32-20(27-17)15-5-8-16(9-6-15)22(23,24)25/h5-8,10,12-13,16,26H,2-4,9,11H2,1H3,(H,28,29). The number of aryl methyl sites for hydroxylation is 2. The predicted molar refractivity (Wildman–Crippen MR) is 120 cm³/mol. The molecule has 1 unspecified atom stereocenters. The number of allylic oxidation sites excluding steroid dienone is 4. The van der Waals surface area contributed by atoms with Crippen LogP contribution < -0.4 is 4.72 Å². The number of nitrogens with one attached hydrogen (secondary N) is 1. The summed E-state index contributed by atoms with van der Waals surface area (Å²) < 4.78 is 65.8. The summed E-state index contributed by atoms with van der Waals surface area (Å²) in [5.74, 6) is -2.65. The molecule has 0 amide bonds. The van der Waals surface area contributed by atoms with Crippen LogP contribution in [0.25, 0.3) is 5.57 Å². The minimum absolute atomic E-state index is 0.0389. The molecule has 1 atom stereocenters. The molecule has 33 heavy (non-hydrogen) atoms. The van der Waals surface area contributed by atoms with Crippen molar-refractivity contribution in [1.82, 2.24) is 9.71 Å². The quantitative estimate of drug-likeness (QED) is 0.481. The number of benzene rings is 1. The van der Waals surface area contributed by atoms with E-state index in [1.54, 1.807) is 12.3 Å². The van der Waals surface area contributed by atoms with Crippen LogP contribution in [0.15, 0.2) is 46.7 Å². The van der Waals surface area contributed by atoms with Crippen molar-refractivity contribution in [2.24, 2.45) is 5.92 Å². The molecule has 3 rings (SSSR count). The SMILES string of the molecule is CCc1ccc(S(=O)(=O)NCCCc2csc(C3=CCC(C(F)(F)F)C=C3)n2)cc1C(=O)O. The van der Waals surface area contributed by atoms with E-state index < -0.39 is 28.1 Å². The lowest BCUT2D eigenvalue weighted by Crippen LogP contribution is -2.25. The molecule has 0 bridgehead atoms. The normalized spacial score (nSPS) is 16.6. The molecular formula is C22H23F3N2O4S2. The Balaban J connectivity index is 1.54. The predicted octanol–water partition coefficient (Wildman–Crippen LogP) is 4.84. The summed E-state index contributed by atoms with van der Waals surface area (Å²) in [7, 11) is -3.87. The number of hydrogen-bond acceptors (Lipinski definition) is 5. The first-order chi connectivity index (χ1) is 15.5. The summed E-state index contributed by atoms with van der Waals surface area (Å²) in [6.07, 6.45) is 1.15. The molecular weight excluding hydrogens is 477 g/mol. The maximum Gasteiger partial charge on any atom is 0.395 e. The van der Waals surface area contributed by atoms with Gasteiger partial charge in [-0.25, -0.2) is 22.9 Å². The van der Waals surface area contributed by atoms with E-state index in [1.807, 2.05) is 0 Å². The van der Waals surface area contributed by atoms with Crippen LogP contribution >= 0.6 is 11.3 Å². The molecule has 1 aromatic carbocycles. The van der Waals surface area contributed by atoms with Crippen LogP contribution in [0, 0.1) is 5.92 Å². The van der Waals surface area contributed by atoms with Gasteiger partial charge in [-0.3, -0.25) is 0 Å². The van der Waals surface area contributed by atoms with Crippen molar-refractivity contribution in [2.75, 3.05) is 6.54 Å². The third kappa shape index (κ3) is 6.30. The van der Waals surface area contributed by atoms with Gasteiger partial charge in [0, 0.05) is 17.5 Å². The maximum absolute atomic E-state index is 12.8. The van der Waals surface area contributed by atoms with Gasteiger partial charge in [0.1, 0.15) is 5.01 Å². The molecule has 1 aliphatic carbocycles. The number of rotatable bonds is 9. The molecule has 0 saturated heterocycles. The van der Waals surface area contributed by atoms with Gasteiger partial charge in [0.25, 0.3) is 0 Å². The maximum atomic E-state index is 12.8. The highest BCUT2D eigenvalue weighted by Crippen LogP contribution is 2.35. The largest absolute Gasteiger partial charge is 0.478 e. The van der Waals surface area contributed by atoms with Gasteiger partial charge >= 0.3 is 12.1 Å². The lowest BCUT2D eigenvalue weighted by atomic mass is 9.96. The van der Waals surface area contributed by atoms with Crippen LogP contribution in [-0.2, 0) is 22.9 Å². The summed E-state index contributed by atoms with van der Waals surface area (Å²) in [6, 6.07) is 4.04. The number of hydrogen-bond donors (Lipinski definition) is 2. The van der Waals surface area contributed by atoms with E-state index in [2.05, 4.69) is 9.71 Å². The van der Waals surface area contributed by atoms with E-state index in [9.17, 15) is 31.5 Å². The highest BCUT2D eigenvalue weighted by Gasteiger charge is 2.37. The molecule has 2 aromatic rings. The zero-order chi connectivity index (χ0) is 24.2. The number of carboxylic acids is 1. The van der Waals surface area contributed by atoms with Crippen LogP contribution in [0.3, 0.4) is 0 Å². The van der Waals surface area contributed by atoms with E-state index in [0.717, 1.165) is 17.8 Å². The lowest BCUT2D eigenvalue weighted by Gasteiger charge is -2.18. The number of halogens is 3. The van der Waals surface area contributed by atoms with Crippen molar-refractivity contribution in [3.63, 3.8) is 0 Å². The topological polar surface area (TPSA) is 96.4 Å². The molecule has 0 saturated carbocycles. The number of aromatic carboxylic acids is 1. The first-order valence-corrected chi connectivity index (χ1v) is 12.6. The zero-order valence-corrected chi connectivity index (χ0v) is 19.4. The van der Waals surface area contributed by atoms with Gasteiger partial charge in [-0.05, 0) is 43.4 Å². The zero-order valence-electron chi connectivity index (χ0n) is 17.7. The Labute approximate surface area is 193 Å². The van der Waals surface area contributed by atoms with E-state index in [0.29, 0.717) is 35.4 Å². The molecule has 178 valence electrons. The minimum Gasteiger partial charge on any atom is -0.478 e. The number of nitrogens with zero attached hydrogens (tertiary/aromatic N) is 1. The number of aromatic nitrogens is 1. The van der Waals surface area contributed by atoms with E-state index in [-0.39, 0.29) is 23.4 Å². The van der Waals surface area contributed by atoms with Crippen molar-refractivity contribution in [3.05, 3.63) is 63.6 Å². The van der Waals surface area contributed by atoms with Crippen molar-refractivity contribution in [3.8, 4) is 0 Å². The average molecular weight is 501 g/mol. The van der Waals surface area contributed by atoms with Crippen molar-refractivity contribution >= 4 is 32.9 Å². The Bertz CT molecular complexity index is 1180. The average Bonchev–Trinajstić information content (AvgIpc) is 3.24. The van der Waals surface area contributed by atoms with E-state index in [1.165, 1.54) is 35.6 Å². The third-order valence-electron chi connectivity index (χ3n) is 5.22. The molecule has 0 aliphatic heterocycles. The van der Waals surface area contributed by atoms with Crippen molar-refractivity contribution in [1.29, 1.82) is 0 Å². The fourth-order valence-corrected chi connectivity index (χ4v) is 5.34. The lowest BCUT2D eigenvalue weighted by molar-refractivity contribution is -0.160. The van der Waals surface area contributed by atoms with Crippen LogP contribution in [0.1, 0.15) is 46.4 Å². The van der Waals surface area contributed by atoms with Crippen LogP contribution in [0.2, 0.25) is 0 Å². The number of sulfonamides is 1. The van der Waals surface area contributed by atoms with Crippen LogP contribution in [-0.4, -0.2) is 37.2 Å². The molecule has 6 nitrogen and oxygen atoms in total. The molecule has 0 radical (unpaired) electrons. The Morgan fingerprint density at radius 1 is 1.33 bits per heavy atom. The Morgan fingerprint density at radius 2 is 2.09 bits per heavy atom. The van der Waals surface area contributed by atoms with Crippen molar-refractivity contribution < 1.29 is 31.5 Å². The van der Waals surface area contributed by atoms with Gasteiger partial charge in [-0.2, -0.15) is 13.2 Å². The summed E-state index contributed by atoms with van der Waals surface area (Å²) >= 11 is 1.33. The van der Waals surface area contributed by atoms with Gasteiger partial charge in [0.15, 0.2) is 0 Å². The van der Waals surface area contributed by atoms with E-state index in [4.69, 9.17) is 0 Å². The monoisotopic (exact) mass is 500 g/mol. The highest BCUT2D eigenvalue weighted by atomic mass is 32.2. The summed E-state index contributed by atoms with van der Waals surface area (Å²) in [6.45, 7) is 1.92. The summed E-state index contributed by atoms with van der Waals surface area (Å²) in [5.41, 5.74) is 1.89. The fourth-order valence-electron chi connectivity index (χ4n) is 3.37. The number of thiazole rings is 1. The summed E-state index contributed by atoms with van der Waals surface area (Å²) in [4.78, 5) is 15.7. The Hall–Kier alpha value is -2.50. The molecule has 11 heteroatoms. The number of carbonyl (C=O) groups is 1. The smallest absolute Gasteiger partial charge is 0.395 e. The van der Waals surface area contributed by atoms with Gasteiger partial charge in [-0.1, -0.05) is 31.2 Å². The molecule has 0 fully saturated rings. The fraction of sp³-hybridized carbons (Fsp3) is 0.364. The van der Waals surface area contributed by atoms with Crippen molar-refractivity contribution in [2.45, 2.75) is 43.7 Å². The minimum atomic E-state index is -4.26. The van der Waals surface area contributed by atoms with Crippen LogP contribution in [0.4, 0.5) is 13.2 Å². The van der Waals surface area contributed by atoms with Crippen LogP contribution in [0.5, 0.6) is 0 Å². The van der Waals surface area contributed by atoms with Gasteiger partial charge in [0.2, 0.25) is 10.0 Å². The van der Waals surface area contributed by atoms with Gasteiger partial charge < -0.3 is 5.11 Å². The number of alkyl halides is 3. The van der Waals surface area contributed by atoms with E-state index >= 15 is 0 Å². The molecule has 0 spiro atoms. The van der Waals surface area contributed by atoms with Gasteiger partial charge in [-0.15, -0.1) is 11.3 Å². The van der Waals surface area contributed by atoms with Gasteiger partial charge in [0.05, 0.1) is 22.1 Å². The molecule has 1 aliphatic rings. The third-order valence-corrected chi connectivity index (χ3v) is 7.62.